The van der Waals surface area contributed by atoms with Crippen molar-refractivity contribution in [3.63, 3.8) is 0 Å². The van der Waals surface area contributed by atoms with Crippen molar-refractivity contribution in [3.8, 4) is 0 Å². The summed E-state index contributed by atoms with van der Waals surface area (Å²) in [6, 6.07) is 7.24. The van der Waals surface area contributed by atoms with Gasteiger partial charge < -0.3 is 10.1 Å². The highest BCUT2D eigenvalue weighted by molar-refractivity contribution is 5.77. The molecule has 1 atom stereocenters. The number of nitrogens with one attached hydrogen (secondary N) is 1. The Kier molecular flexibility index (Phi) is 6.43. The molecule has 0 aliphatic carbocycles. The summed E-state index contributed by atoms with van der Waals surface area (Å²) in [6.45, 7) is 2.78. The number of methoxy groups -OCH3 is 1. The number of rotatable bonds is 7. The van der Waals surface area contributed by atoms with Crippen LogP contribution in [0.3, 0.4) is 0 Å². The van der Waals surface area contributed by atoms with Crippen LogP contribution in [0.15, 0.2) is 29.4 Å². The molecule has 0 aromatic heterocycles. The SMILES string of the molecule is CCc1ccc(C(NCCN=[N+]=[N-])C(=O)OC)cc1. The summed E-state index contributed by atoms with van der Waals surface area (Å²) in [5, 5.41) is 6.44. The van der Waals surface area contributed by atoms with E-state index in [1.807, 2.05) is 24.3 Å². The Bertz CT molecular complexity index is 452. The Morgan fingerprint density at radius 3 is 2.68 bits per heavy atom. The van der Waals surface area contributed by atoms with Crippen LogP contribution in [0.4, 0.5) is 0 Å². The van der Waals surface area contributed by atoms with Gasteiger partial charge in [-0.05, 0) is 23.1 Å². The van der Waals surface area contributed by atoms with Crippen LogP contribution in [0.2, 0.25) is 0 Å². The van der Waals surface area contributed by atoms with Gasteiger partial charge >= 0.3 is 5.97 Å². The Morgan fingerprint density at radius 1 is 1.47 bits per heavy atom. The van der Waals surface area contributed by atoms with Crippen molar-refractivity contribution in [2.24, 2.45) is 5.11 Å². The standard InChI is InChI=1S/C13H18N4O2/c1-3-10-4-6-11(7-5-10)12(13(18)19-2)15-8-9-16-17-14/h4-7,12,15H,3,8-9H2,1-2H3. The van der Waals surface area contributed by atoms with Gasteiger partial charge in [-0.25, -0.2) is 4.79 Å². The Balaban J connectivity index is 2.76. The summed E-state index contributed by atoms with van der Waals surface area (Å²) in [7, 11) is 1.35. The van der Waals surface area contributed by atoms with E-state index in [1.165, 1.54) is 12.7 Å². The summed E-state index contributed by atoms with van der Waals surface area (Å²) in [6.07, 6.45) is 0.952. The van der Waals surface area contributed by atoms with Crippen LogP contribution >= 0.6 is 0 Å². The highest BCUT2D eigenvalue weighted by Crippen LogP contribution is 2.15. The van der Waals surface area contributed by atoms with Crippen molar-refractivity contribution in [1.82, 2.24) is 5.32 Å². The first-order chi connectivity index (χ1) is 9.22. The molecule has 0 aliphatic heterocycles. The molecule has 102 valence electrons. The van der Waals surface area contributed by atoms with Crippen molar-refractivity contribution in [2.45, 2.75) is 19.4 Å². The van der Waals surface area contributed by atoms with E-state index in [1.54, 1.807) is 0 Å². The molecule has 0 fully saturated rings. The van der Waals surface area contributed by atoms with Crippen LogP contribution in [0, 0.1) is 0 Å². The predicted molar refractivity (Wildman–Crippen MR) is 72.6 cm³/mol. The maximum absolute atomic E-state index is 11.7. The van der Waals surface area contributed by atoms with Gasteiger partial charge in [0.05, 0.1) is 7.11 Å². The minimum absolute atomic E-state index is 0.289. The second-order valence-electron chi connectivity index (χ2n) is 3.96. The largest absolute Gasteiger partial charge is 0.468 e. The summed E-state index contributed by atoms with van der Waals surface area (Å²) in [5.74, 6) is -0.356. The zero-order valence-electron chi connectivity index (χ0n) is 11.2. The van der Waals surface area contributed by atoms with Crippen LogP contribution in [0.25, 0.3) is 10.4 Å². The lowest BCUT2D eigenvalue weighted by Crippen LogP contribution is -2.31. The molecular weight excluding hydrogens is 244 g/mol. The van der Waals surface area contributed by atoms with Crippen molar-refractivity contribution in [3.05, 3.63) is 45.8 Å². The Hall–Kier alpha value is -2.04. The maximum Gasteiger partial charge on any atom is 0.327 e. The highest BCUT2D eigenvalue weighted by Gasteiger charge is 2.20. The minimum atomic E-state index is -0.537. The van der Waals surface area contributed by atoms with E-state index in [0.717, 1.165) is 12.0 Å². The number of benzene rings is 1. The van der Waals surface area contributed by atoms with Gasteiger partial charge in [-0.15, -0.1) is 0 Å². The van der Waals surface area contributed by atoms with E-state index in [4.69, 9.17) is 10.3 Å². The summed E-state index contributed by atoms with van der Waals surface area (Å²) in [5.41, 5.74) is 10.2. The van der Waals surface area contributed by atoms with Crippen LogP contribution in [0.1, 0.15) is 24.1 Å². The zero-order valence-corrected chi connectivity index (χ0v) is 11.2. The number of esters is 1. The lowest BCUT2D eigenvalue weighted by Gasteiger charge is -2.16. The van der Waals surface area contributed by atoms with Crippen molar-refractivity contribution in [2.75, 3.05) is 20.2 Å². The van der Waals surface area contributed by atoms with Gasteiger partial charge in [0.1, 0.15) is 6.04 Å². The second kappa shape index (κ2) is 8.13. The number of nitrogens with zero attached hydrogens (tertiary/aromatic N) is 3. The van der Waals surface area contributed by atoms with Gasteiger partial charge in [0, 0.05) is 18.0 Å². The maximum atomic E-state index is 11.7. The molecule has 0 amide bonds. The number of hydrogen-bond acceptors (Lipinski definition) is 4. The van der Waals surface area contributed by atoms with E-state index in [2.05, 4.69) is 22.3 Å². The van der Waals surface area contributed by atoms with Crippen molar-refractivity contribution >= 4 is 5.97 Å². The molecule has 0 bridgehead atoms. The van der Waals surface area contributed by atoms with Gasteiger partial charge in [0.2, 0.25) is 0 Å². The molecule has 1 rings (SSSR count). The molecule has 1 aromatic carbocycles. The number of carbonyl (C=O) groups excluding carboxylic acids is 1. The molecule has 0 saturated heterocycles. The molecule has 0 saturated carbocycles. The molecular formula is C13H18N4O2. The van der Waals surface area contributed by atoms with E-state index in [-0.39, 0.29) is 12.5 Å². The number of aryl methyl sites for hydroxylation is 1. The third-order valence-corrected chi connectivity index (χ3v) is 2.78. The fourth-order valence-electron chi connectivity index (χ4n) is 1.70. The first kappa shape index (κ1) is 15.0. The lowest BCUT2D eigenvalue weighted by atomic mass is 10.0. The smallest absolute Gasteiger partial charge is 0.327 e. The molecule has 0 radical (unpaired) electrons. The van der Waals surface area contributed by atoms with Crippen LogP contribution in [0.5, 0.6) is 0 Å². The normalized spacial score (nSPS) is 11.5. The van der Waals surface area contributed by atoms with Crippen LogP contribution < -0.4 is 5.32 Å². The van der Waals surface area contributed by atoms with Gasteiger partial charge in [-0.2, -0.15) is 0 Å². The first-order valence-corrected chi connectivity index (χ1v) is 6.13. The molecule has 0 spiro atoms. The van der Waals surface area contributed by atoms with E-state index in [0.29, 0.717) is 6.54 Å². The van der Waals surface area contributed by atoms with Crippen molar-refractivity contribution < 1.29 is 9.53 Å². The minimum Gasteiger partial charge on any atom is -0.468 e. The molecule has 6 heteroatoms. The number of ether oxygens (including phenoxy) is 1. The molecule has 19 heavy (non-hydrogen) atoms. The molecule has 1 N–H and O–H groups in total. The third kappa shape index (κ3) is 4.62. The lowest BCUT2D eigenvalue weighted by molar-refractivity contribution is -0.143. The molecule has 0 aliphatic rings. The third-order valence-electron chi connectivity index (χ3n) is 2.78. The molecule has 1 unspecified atom stereocenters. The first-order valence-electron chi connectivity index (χ1n) is 6.13. The average Bonchev–Trinajstić information content (AvgIpc) is 2.47. The number of hydrogen-bond donors (Lipinski definition) is 1. The van der Waals surface area contributed by atoms with Crippen LogP contribution in [-0.2, 0) is 16.0 Å². The average molecular weight is 262 g/mol. The summed E-state index contributed by atoms with van der Waals surface area (Å²) >= 11 is 0. The monoisotopic (exact) mass is 262 g/mol. The molecule has 6 nitrogen and oxygen atoms in total. The van der Waals surface area contributed by atoms with Crippen LogP contribution in [-0.4, -0.2) is 26.2 Å². The quantitative estimate of drug-likeness (QED) is 0.269. The zero-order chi connectivity index (χ0) is 14.1. The predicted octanol–water partition coefficient (Wildman–Crippen LogP) is 2.36. The fourth-order valence-corrected chi connectivity index (χ4v) is 1.70. The number of azide groups is 1. The topological polar surface area (TPSA) is 87.1 Å². The Labute approximate surface area is 112 Å². The van der Waals surface area contributed by atoms with Gasteiger partial charge in [0.25, 0.3) is 0 Å². The second-order valence-corrected chi connectivity index (χ2v) is 3.96. The van der Waals surface area contributed by atoms with Gasteiger partial charge in [-0.3, -0.25) is 0 Å². The molecule has 0 heterocycles. The molecule has 1 aromatic rings. The highest BCUT2D eigenvalue weighted by atomic mass is 16.5. The summed E-state index contributed by atoms with van der Waals surface area (Å²) in [4.78, 5) is 14.4. The van der Waals surface area contributed by atoms with E-state index >= 15 is 0 Å². The van der Waals surface area contributed by atoms with E-state index < -0.39 is 6.04 Å². The summed E-state index contributed by atoms with van der Waals surface area (Å²) < 4.78 is 4.78. The number of carbonyl (C=O) groups is 1. The fraction of sp³-hybridized carbons (Fsp3) is 0.462. The van der Waals surface area contributed by atoms with Gasteiger partial charge in [-0.1, -0.05) is 36.3 Å². The van der Waals surface area contributed by atoms with E-state index in [9.17, 15) is 4.79 Å². The Morgan fingerprint density at radius 2 is 2.16 bits per heavy atom. The van der Waals surface area contributed by atoms with Gasteiger partial charge in [0.15, 0.2) is 0 Å². The van der Waals surface area contributed by atoms with Crippen molar-refractivity contribution in [1.29, 1.82) is 0 Å².